The summed E-state index contributed by atoms with van der Waals surface area (Å²) in [5.74, 6) is 0. The van der Waals surface area contributed by atoms with Crippen molar-refractivity contribution in [3.05, 3.63) is 82.3 Å². The summed E-state index contributed by atoms with van der Waals surface area (Å²) in [4.78, 5) is 0. The van der Waals surface area contributed by atoms with Crippen molar-refractivity contribution in [3.8, 4) is 0 Å². The van der Waals surface area contributed by atoms with Crippen LogP contribution in [-0.2, 0) is 21.7 Å². The third-order valence-corrected chi connectivity index (χ3v) is 0.556. The van der Waals surface area contributed by atoms with E-state index in [1.165, 1.54) is 0 Å². The van der Waals surface area contributed by atoms with E-state index in [-0.39, 0.29) is 73.7 Å². The Hall–Kier alpha value is 0.0643. The van der Waals surface area contributed by atoms with Crippen LogP contribution in [-0.4, -0.2) is 0 Å². The Balaban J connectivity index is -0.00000000521. The molecule has 86 valence electrons. The first-order valence-electron chi connectivity index (χ1n) is 1.67. The molecule has 1 aromatic carbocycles. The van der Waals surface area contributed by atoms with Gasteiger partial charge in [0.1, 0.15) is 0 Å². The van der Waals surface area contributed by atoms with Gasteiger partial charge in [-0.3, -0.25) is 0 Å². The summed E-state index contributed by atoms with van der Waals surface area (Å²) in [6.45, 7) is 0. The fourth-order valence-electron chi connectivity index (χ4n) is 0.321. The SMILES string of the molecule is [CH3-].[CH3-].[CH3-].[CH3-].[CH3-].[CH3-].[CH3-].[Ti].c1cc[cH-]c1. The van der Waals surface area contributed by atoms with Gasteiger partial charge in [-0.05, 0) is 0 Å². The molecule has 0 unspecified atom stereocenters. The van der Waals surface area contributed by atoms with Crippen LogP contribution in [0.5, 0.6) is 0 Å². The summed E-state index contributed by atoms with van der Waals surface area (Å²) in [5, 5.41) is 0. The van der Waals surface area contributed by atoms with Gasteiger partial charge in [0.25, 0.3) is 0 Å². The van der Waals surface area contributed by atoms with E-state index in [1.807, 2.05) is 30.3 Å². The molecule has 0 bridgehead atoms. The van der Waals surface area contributed by atoms with Crippen molar-refractivity contribution < 1.29 is 21.7 Å². The van der Waals surface area contributed by atoms with Crippen LogP contribution in [0, 0.1) is 52.0 Å². The molecule has 0 aliphatic rings. The molecule has 0 aliphatic heterocycles. The third-order valence-electron chi connectivity index (χ3n) is 0.556. The fourth-order valence-corrected chi connectivity index (χ4v) is 0.321. The van der Waals surface area contributed by atoms with Gasteiger partial charge < -0.3 is 52.0 Å². The summed E-state index contributed by atoms with van der Waals surface area (Å²) < 4.78 is 0. The Morgan fingerprint density at radius 1 is 0.538 bits per heavy atom. The quantitative estimate of drug-likeness (QED) is 0.442. The van der Waals surface area contributed by atoms with Crippen LogP contribution in [0.4, 0.5) is 0 Å². The van der Waals surface area contributed by atoms with Crippen molar-refractivity contribution in [2.45, 2.75) is 0 Å². The van der Waals surface area contributed by atoms with Crippen molar-refractivity contribution >= 4 is 0 Å². The summed E-state index contributed by atoms with van der Waals surface area (Å²) in [6.07, 6.45) is 0. The van der Waals surface area contributed by atoms with Gasteiger partial charge in [0.2, 0.25) is 0 Å². The second-order valence-electron chi connectivity index (χ2n) is 0.962. The van der Waals surface area contributed by atoms with E-state index in [0.29, 0.717) is 0 Å². The molecule has 0 nitrogen and oxygen atoms in total. The molecule has 0 heterocycles. The summed E-state index contributed by atoms with van der Waals surface area (Å²) in [6, 6.07) is 10.0. The summed E-state index contributed by atoms with van der Waals surface area (Å²) in [7, 11) is 0. The van der Waals surface area contributed by atoms with E-state index in [1.54, 1.807) is 0 Å². The van der Waals surface area contributed by atoms with Gasteiger partial charge in [0.05, 0.1) is 0 Å². The van der Waals surface area contributed by atoms with Gasteiger partial charge in [-0.25, -0.2) is 12.1 Å². The van der Waals surface area contributed by atoms with Gasteiger partial charge in [-0.2, -0.15) is 18.2 Å². The second kappa shape index (κ2) is 57.6. The standard InChI is InChI=1S/C5H5.7CH3.Ti/c1-2-4-5-3-1;;;;;;;;/h1-5H;7*1H3;/q8*-1;. The molecule has 1 rings (SSSR count). The first-order chi connectivity index (χ1) is 2.50. The van der Waals surface area contributed by atoms with Crippen molar-refractivity contribution in [2.24, 2.45) is 0 Å². The minimum Gasteiger partial charge on any atom is -0.358 e. The molecule has 0 N–H and O–H groups in total. The Labute approximate surface area is 104 Å². The van der Waals surface area contributed by atoms with Crippen LogP contribution >= 0.6 is 0 Å². The van der Waals surface area contributed by atoms with Gasteiger partial charge in [0.15, 0.2) is 0 Å². The molecular formula is C12H26Ti-8. The zero-order valence-corrected chi connectivity index (χ0v) is 11.9. The van der Waals surface area contributed by atoms with Crippen molar-refractivity contribution in [1.82, 2.24) is 0 Å². The Kier molecular flexibility index (Phi) is 328. The Morgan fingerprint density at radius 3 is 0.846 bits per heavy atom. The van der Waals surface area contributed by atoms with Crippen LogP contribution in [0.15, 0.2) is 30.3 Å². The summed E-state index contributed by atoms with van der Waals surface area (Å²) >= 11 is 0. The first kappa shape index (κ1) is 74.1. The van der Waals surface area contributed by atoms with Crippen molar-refractivity contribution in [2.75, 3.05) is 0 Å². The minimum atomic E-state index is 0. The van der Waals surface area contributed by atoms with Crippen LogP contribution in [0.1, 0.15) is 0 Å². The molecule has 0 amide bonds. The van der Waals surface area contributed by atoms with Crippen molar-refractivity contribution in [3.63, 3.8) is 0 Å². The maximum absolute atomic E-state index is 2.00. The molecule has 13 heavy (non-hydrogen) atoms. The fraction of sp³-hybridized carbons (Fsp3) is 0. The molecule has 0 spiro atoms. The third kappa shape index (κ3) is 47.6. The van der Waals surface area contributed by atoms with Gasteiger partial charge in [-0.1, -0.05) is 0 Å². The smallest absolute Gasteiger partial charge is 0 e. The van der Waals surface area contributed by atoms with Crippen LogP contribution < -0.4 is 0 Å². The number of hydrogen-bond acceptors (Lipinski definition) is 0. The molecule has 0 atom stereocenters. The topological polar surface area (TPSA) is 0 Å². The first-order valence-corrected chi connectivity index (χ1v) is 1.67. The van der Waals surface area contributed by atoms with E-state index in [9.17, 15) is 0 Å². The maximum Gasteiger partial charge on any atom is 0 e. The van der Waals surface area contributed by atoms with E-state index in [0.717, 1.165) is 0 Å². The van der Waals surface area contributed by atoms with Crippen LogP contribution in [0.25, 0.3) is 0 Å². The van der Waals surface area contributed by atoms with E-state index in [4.69, 9.17) is 0 Å². The van der Waals surface area contributed by atoms with Crippen LogP contribution in [0.3, 0.4) is 0 Å². The maximum atomic E-state index is 2.00. The summed E-state index contributed by atoms with van der Waals surface area (Å²) in [5.41, 5.74) is 0. The zero-order valence-electron chi connectivity index (χ0n) is 10.4. The van der Waals surface area contributed by atoms with E-state index in [2.05, 4.69) is 0 Å². The number of hydrogen-bond donors (Lipinski definition) is 0. The van der Waals surface area contributed by atoms with Crippen molar-refractivity contribution in [1.29, 1.82) is 0 Å². The monoisotopic (exact) mass is 218 g/mol. The molecular weight excluding hydrogens is 192 g/mol. The van der Waals surface area contributed by atoms with Gasteiger partial charge in [0, 0.05) is 21.7 Å². The van der Waals surface area contributed by atoms with Gasteiger partial charge in [-0.15, -0.1) is 0 Å². The Morgan fingerprint density at radius 2 is 0.769 bits per heavy atom. The van der Waals surface area contributed by atoms with Crippen LogP contribution in [0.2, 0.25) is 0 Å². The largest absolute Gasteiger partial charge is 0.358 e. The molecule has 0 radical (unpaired) electrons. The predicted molar refractivity (Wildman–Crippen MR) is 66.9 cm³/mol. The molecule has 0 saturated heterocycles. The average Bonchev–Trinajstić information content (AvgIpc) is 1.76. The molecule has 1 aromatic rings. The molecule has 1 heteroatoms. The molecule has 0 aromatic heterocycles. The van der Waals surface area contributed by atoms with E-state index >= 15 is 0 Å². The number of rotatable bonds is 0. The normalized spacial score (nSPS) is 3.08. The Bertz CT molecular complexity index is 61.6. The zero-order chi connectivity index (χ0) is 3.54. The predicted octanol–water partition coefficient (Wildman–Crippen LogP) is 4.56. The molecule has 0 saturated carbocycles. The molecule has 0 aliphatic carbocycles. The average molecular weight is 218 g/mol. The second-order valence-corrected chi connectivity index (χ2v) is 0.962. The van der Waals surface area contributed by atoms with Gasteiger partial charge >= 0.3 is 0 Å². The van der Waals surface area contributed by atoms with E-state index < -0.39 is 0 Å². The minimum absolute atomic E-state index is 0. The molecule has 0 fully saturated rings.